The number of benzene rings is 1. The molecule has 0 amide bonds. The number of hydrogen-bond donors (Lipinski definition) is 4. The average Bonchev–Trinajstić information content (AvgIpc) is 3.06. The van der Waals surface area contributed by atoms with Crippen LogP contribution in [0.5, 0.6) is 5.75 Å². The smallest absolute Gasteiger partial charge is 0.458 e. The standard InChI is InChI=1S/C24H35N4O9P/c1-23(2,3)21(30)34-14-8-12-26-38(33,37-16-9-6-5-7-10-16)35-15-17-19(29)24(4,32)20(36-17)28-13-11-18(25)27-22(28)31/h5-7,9-11,13,17,19-20,29,32H,8,12,14-15H2,1-4H3,(H,26,33)(H2,25,27,31)/t17-,19-,20-,24-,38?/m1/s1. The van der Waals surface area contributed by atoms with Crippen molar-refractivity contribution in [2.75, 3.05) is 25.5 Å². The number of aliphatic hydroxyl groups is 2. The normalized spacial score (nSPS) is 25.1. The van der Waals surface area contributed by atoms with E-state index in [0.29, 0.717) is 6.42 Å². The Bertz CT molecular complexity index is 1200. The molecule has 0 bridgehead atoms. The second-order valence-electron chi connectivity index (χ2n) is 10.1. The Morgan fingerprint density at radius 1 is 1.29 bits per heavy atom. The Balaban J connectivity index is 1.67. The number of carbonyl (C=O) groups is 1. The molecule has 14 heteroatoms. The molecular weight excluding hydrogens is 519 g/mol. The zero-order valence-corrected chi connectivity index (χ0v) is 22.7. The van der Waals surface area contributed by atoms with Crippen LogP contribution in [0.3, 0.4) is 0 Å². The van der Waals surface area contributed by atoms with E-state index in [2.05, 4.69) is 10.1 Å². The summed E-state index contributed by atoms with van der Waals surface area (Å²) in [7, 11) is -4.03. The summed E-state index contributed by atoms with van der Waals surface area (Å²) in [5.74, 6) is -0.107. The minimum atomic E-state index is -4.03. The molecule has 0 aliphatic carbocycles. The molecule has 2 aromatic rings. The zero-order chi connectivity index (χ0) is 28.1. The number of nitrogen functional groups attached to an aromatic ring is 1. The van der Waals surface area contributed by atoms with Gasteiger partial charge in [0.05, 0.1) is 18.6 Å². The lowest BCUT2D eigenvalue weighted by atomic mass is 9.96. The van der Waals surface area contributed by atoms with Gasteiger partial charge in [-0.3, -0.25) is 13.9 Å². The molecule has 0 spiro atoms. The summed E-state index contributed by atoms with van der Waals surface area (Å²) < 4.78 is 36.7. The molecule has 1 aliphatic rings. The number of anilines is 1. The largest absolute Gasteiger partial charge is 0.465 e. The van der Waals surface area contributed by atoms with Gasteiger partial charge in [-0.1, -0.05) is 18.2 Å². The van der Waals surface area contributed by atoms with Gasteiger partial charge in [-0.2, -0.15) is 4.98 Å². The predicted molar refractivity (Wildman–Crippen MR) is 137 cm³/mol. The first kappa shape index (κ1) is 29.8. The number of nitrogens with two attached hydrogens (primary N) is 1. The van der Waals surface area contributed by atoms with E-state index in [4.69, 9.17) is 24.3 Å². The maximum Gasteiger partial charge on any atom is 0.458 e. The fourth-order valence-electron chi connectivity index (χ4n) is 3.55. The molecule has 0 saturated carbocycles. The van der Waals surface area contributed by atoms with Crippen molar-refractivity contribution in [3.05, 3.63) is 53.1 Å². The predicted octanol–water partition coefficient (Wildman–Crippen LogP) is 1.61. The van der Waals surface area contributed by atoms with Crippen LogP contribution in [0.15, 0.2) is 47.4 Å². The first-order valence-electron chi connectivity index (χ1n) is 12.0. The van der Waals surface area contributed by atoms with Crippen LogP contribution in [-0.4, -0.2) is 63.3 Å². The average molecular weight is 555 g/mol. The minimum absolute atomic E-state index is 0.0115. The number of aliphatic hydroxyl groups excluding tert-OH is 1. The van der Waals surface area contributed by atoms with Gasteiger partial charge in [0.2, 0.25) is 0 Å². The summed E-state index contributed by atoms with van der Waals surface area (Å²) in [4.78, 5) is 27.8. The fraction of sp³-hybridized carbons (Fsp3) is 0.542. The highest BCUT2D eigenvalue weighted by Crippen LogP contribution is 2.46. The molecule has 1 aromatic carbocycles. The van der Waals surface area contributed by atoms with E-state index in [-0.39, 0.29) is 30.7 Å². The number of hydrogen-bond acceptors (Lipinski definition) is 11. The van der Waals surface area contributed by atoms with E-state index in [9.17, 15) is 24.4 Å². The second-order valence-corrected chi connectivity index (χ2v) is 11.8. The second kappa shape index (κ2) is 11.9. The third kappa shape index (κ3) is 7.40. The van der Waals surface area contributed by atoms with Gasteiger partial charge in [0, 0.05) is 12.7 Å². The summed E-state index contributed by atoms with van der Waals surface area (Å²) in [5, 5.41) is 24.3. The van der Waals surface area contributed by atoms with E-state index in [0.717, 1.165) is 4.57 Å². The minimum Gasteiger partial charge on any atom is -0.465 e. The molecule has 3 rings (SSSR count). The molecule has 1 saturated heterocycles. The van der Waals surface area contributed by atoms with Gasteiger partial charge in [0.15, 0.2) is 6.23 Å². The molecule has 5 N–H and O–H groups in total. The van der Waals surface area contributed by atoms with E-state index >= 15 is 0 Å². The lowest BCUT2D eigenvalue weighted by Gasteiger charge is -2.27. The van der Waals surface area contributed by atoms with Crippen LogP contribution >= 0.6 is 7.75 Å². The number of nitrogens with zero attached hydrogens (tertiary/aromatic N) is 2. The van der Waals surface area contributed by atoms with Crippen molar-refractivity contribution >= 4 is 19.5 Å². The van der Waals surface area contributed by atoms with E-state index < -0.39 is 49.5 Å². The third-order valence-electron chi connectivity index (χ3n) is 5.71. The zero-order valence-electron chi connectivity index (χ0n) is 21.8. The van der Waals surface area contributed by atoms with Crippen LogP contribution in [0.2, 0.25) is 0 Å². The lowest BCUT2D eigenvalue weighted by Crippen LogP contribution is -2.46. The van der Waals surface area contributed by atoms with Gasteiger partial charge in [0.1, 0.15) is 29.4 Å². The van der Waals surface area contributed by atoms with Gasteiger partial charge in [-0.25, -0.2) is 14.4 Å². The number of para-hydroxylation sites is 1. The van der Waals surface area contributed by atoms with Crippen LogP contribution in [0.1, 0.15) is 40.3 Å². The molecule has 1 unspecified atom stereocenters. The van der Waals surface area contributed by atoms with E-state index in [1.165, 1.54) is 19.2 Å². The molecule has 210 valence electrons. The highest BCUT2D eigenvalue weighted by molar-refractivity contribution is 7.52. The summed E-state index contributed by atoms with van der Waals surface area (Å²) in [6, 6.07) is 9.66. The van der Waals surface area contributed by atoms with Crippen molar-refractivity contribution in [3.63, 3.8) is 0 Å². The lowest BCUT2D eigenvalue weighted by molar-refractivity contribution is -0.152. The number of carbonyl (C=O) groups excluding carboxylic acids is 1. The van der Waals surface area contributed by atoms with Crippen molar-refractivity contribution in [2.45, 2.75) is 58.2 Å². The first-order valence-corrected chi connectivity index (χ1v) is 13.6. The molecule has 13 nitrogen and oxygen atoms in total. The monoisotopic (exact) mass is 554 g/mol. The summed E-state index contributed by atoms with van der Waals surface area (Å²) in [6.07, 6.45) is -2.40. The van der Waals surface area contributed by atoms with Gasteiger partial charge in [-0.05, 0) is 52.3 Å². The number of rotatable bonds is 11. The maximum atomic E-state index is 13.6. The van der Waals surface area contributed by atoms with Crippen molar-refractivity contribution < 1.29 is 38.1 Å². The quantitative estimate of drug-likeness (QED) is 0.179. The molecule has 5 atom stereocenters. The van der Waals surface area contributed by atoms with E-state index in [1.807, 2.05) is 0 Å². The fourth-order valence-corrected chi connectivity index (χ4v) is 4.93. The van der Waals surface area contributed by atoms with Gasteiger partial charge < -0.3 is 29.9 Å². The Morgan fingerprint density at radius 2 is 1.97 bits per heavy atom. The molecule has 2 heterocycles. The van der Waals surface area contributed by atoms with Crippen LogP contribution in [0, 0.1) is 5.41 Å². The topological polar surface area (TPSA) is 184 Å². The number of esters is 1. The number of aromatic nitrogens is 2. The molecule has 1 aromatic heterocycles. The number of nitrogens with one attached hydrogen (secondary N) is 1. The highest BCUT2D eigenvalue weighted by Gasteiger charge is 2.54. The Hall–Kier alpha value is -2.80. The van der Waals surface area contributed by atoms with Crippen LogP contribution in [-0.2, 0) is 23.4 Å². The Kier molecular flexibility index (Phi) is 9.34. The first-order chi connectivity index (χ1) is 17.7. The summed E-state index contributed by atoms with van der Waals surface area (Å²) in [6.45, 7) is 6.26. The van der Waals surface area contributed by atoms with Crippen LogP contribution in [0.25, 0.3) is 0 Å². The summed E-state index contributed by atoms with van der Waals surface area (Å²) in [5.41, 5.74) is 2.19. The highest BCUT2D eigenvalue weighted by atomic mass is 31.2. The van der Waals surface area contributed by atoms with E-state index in [1.54, 1.807) is 51.1 Å². The third-order valence-corrected chi connectivity index (χ3v) is 7.26. The molecule has 38 heavy (non-hydrogen) atoms. The maximum absolute atomic E-state index is 13.6. The van der Waals surface area contributed by atoms with Crippen molar-refractivity contribution in [1.29, 1.82) is 0 Å². The SMILES string of the molecule is CC(C)(C)C(=O)OCCCNP(=O)(OC[C@H]1O[C@@H](n2ccc(N)nc2=O)[C@](C)(O)[C@@H]1O)Oc1ccccc1. The Labute approximate surface area is 220 Å². The van der Waals surface area contributed by atoms with Crippen molar-refractivity contribution in [1.82, 2.24) is 14.6 Å². The van der Waals surface area contributed by atoms with Crippen LogP contribution < -0.4 is 21.0 Å². The molecule has 1 fully saturated rings. The van der Waals surface area contributed by atoms with Crippen molar-refractivity contribution in [2.24, 2.45) is 5.41 Å². The Morgan fingerprint density at radius 3 is 2.61 bits per heavy atom. The van der Waals surface area contributed by atoms with Gasteiger partial charge >= 0.3 is 19.4 Å². The molecular formula is C24H35N4O9P. The molecule has 1 aliphatic heterocycles. The van der Waals surface area contributed by atoms with Gasteiger partial charge in [0.25, 0.3) is 0 Å². The molecule has 0 radical (unpaired) electrons. The van der Waals surface area contributed by atoms with Crippen LogP contribution in [0.4, 0.5) is 5.82 Å². The number of ether oxygens (including phenoxy) is 2. The van der Waals surface area contributed by atoms with Gasteiger partial charge in [-0.15, -0.1) is 0 Å². The van der Waals surface area contributed by atoms with Crippen molar-refractivity contribution in [3.8, 4) is 5.75 Å². The summed E-state index contributed by atoms with van der Waals surface area (Å²) >= 11 is 0.